The second kappa shape index (κ2) is 7.11. The number of carbonyl (C=O) groups excluding carboxylic acids is 1. The Morgan fingerprint density at radius 1 is 1.45 bits per heavy atom. The van der Waals surface area contributed by atoms with Crippen LogP contribution in [0.5, 0.6) is 5.75 Å². The molecular formula is C17H26N2O3. The van der Waals surface area contributed by atoms with Gasteiger partial charge in [0.05, 0.1) is 7.11 Å². The van der Waals surface area contributed by atoms with Crippen LogP contribution in [-0.4, -0.2) is 60.2 Å². The summed E-state index contributed by atoms with van der Waals surface area (Å²) >= 11 is 0. The predicted octanol–water partition coefficient (Wildman–Crippen LogP) is 1.50. The Morgan fingerprint density at radius 3 is 2.91 bits per heavy atom. The van der Waals surface area contributed by atoms with E-state index in [0.717, 1.165) is 24.3 Å². The molecule has 0 radical (unpaired) electrons. The van der Waals surface area contributed by atoms with Gasteiger partial charge in [-0.15, -0.1) is 0 Å². The lowest BCUT2D eigenvalue weighted by molar-refractivity contribution is -0.159. The number of nitrogens with zero attached hydrogens (tertiary/aromatic N) is 2. The first-order valence-electron chi connectivity index (χ1n) is 7.81. The summed E-state index contributed by atoms with van der Waals surface area (Å²) in [5.41, 5.74) is -0.247. The molecule has 0 aliphatic carbocycles. The second-order valence-corrected chi connectivity index (χ2v) is 6.04. The number of piperidine rings is 1. The molecule has 1 heterocycles. The first-order chi connectivity index (χ1) is 10.5. The minimum atomic E-state index is -1.26. The fourth-order valence-corrected chi connectivity index (χ4v) is 2.91. The van der Waals surface area contributed by atoms with Crippen LogP contribution in [0.2, 0.25) is 0 Å². The zero-order chi connectivity index (χ0) is 16.2. The minimum Gasteiger partial charge on any atom is -0.497 e. The van der Waals surface area contributed by atoms with Crippen molar-refractivity contribution < 1.29 is 14.6 Å². The highest BCUT2D eigenvalue weighted by Crippen LogP contribution is 2.25. The number of ether oxygens (including phenoxy) is 1. The lowest BCUT2D eigenvalue weighted by Gasteiger charge is -2.40. The van der Waals surface area contributed by atoms with Crippen molar-refractivity contribution in [3.05, 3.63) is 29.8 Å². The van der Waals surface area contributed by atoms with E-state index < -0.39 is 5.60 Å². The highest BCUT2D eigenvalue weighted by Gasteiger charge is 2.42. The second-order valence-electron chi connectivity index (χ2n) is 6.04. The number of methoxy groups -OCH3 is 1. The average molecular weight is 306 g/mol. The van der Waals surface area contributed by atoms with Gasteiger partial charge < -0.3 is 19.6 Å². The third-order valence-corrected chi connectivity index (χ3v) is 4.28. The highest BCUT2D eigenvalue weighted by atomic mass is 16.5. The predicted molar refractivity (Wildman–Crippen MR) is 85.8 cm³/mol. The van der Waals surface area contributed by atoms with E-state index in [1.807, 2.05) is 43.1 Å². The molecule has 1 N–H and O–H groups in total. The molecule has 0 spiro atoms. The van der Waals surface area contributed by atoms with Gasteiger partial charge in [-0.2, -0.15) is 0 Å². The molecule has 1 fully saturated rings. The van der Waals surface area contributed by atoms with Crippen molar-refractivity contribution in [3.63, 3.8) is 0 Å². The number of hydrogen-bond acceptors (Lipinski definition) is 4. The molecule has 5 nitrogen and oxygen atoms in total. The van der Waals surface area contributed by atoms with E-state index in [1.165, 1.54) is 0 Å². The van der Waals surface area contributed by atoms with E-state index in [2.05, 4.69) is 0 Å². The molecule has 0 bridgehead atoms. The van der Waals surface area contributed by atoms with Crippen molar-refractivity contribution in [2.45, 2.75) is 31.9 Å². The summed E-state index contributed by atoms with van der Waals surface area (Å²) in [5.74, 6) is 0.616. The summed E-state index contributed by atoms with van der Waals surface area (Å²) in [6, 6.07) is 7.70. The topological polar surface area (TPSA) is 53.0 Å². The fourth-order valence-electron chi connectivity index (χ4n) is 2.91. The third kappa shape index (κ3) is 3.78. The lowest BCUT2D eigenvalue weighted by atomic mass is 9.91. The number of benzene rings is 1. The van der Waals surface area contributed by atoms with Crippen molar-refractivity contribution in [1.29, 1.82) is 0 Å². The molecule has 1 saturated heterocycles. The van der Waals surface area contributed by atoms with Crippen LogP contribution in [0.25, 0.3) is 0 Å². The number of likely N-dealkylation sites (N-methyl/N-ethyl adjacent to an activating group) is 1. The van der Waals surface area contributed by atoms with Crippen LogP contribution in [0.3, 0.4) is 0 Å². The quantitative estimate of drug-likeness (QED) is 0.865. The Bertz CT molecular complexity index is 520. The van der Waals surface area contributed by atoms with Crippen molar-refractivity contribution in [3.8, 4) is 5.75 Å². The largest absolute Gasteiger partial charge is 0.497 e. The molecule has 22 heavy (non-hydrogen) atoms. The Kier molecular flexibility index (Phi) is 5.42. The van der Waals surface area contributed by atoms with E-state index in [4.69, 9.17) is 4.74 Å². The van der Waals surface area contributed by atoms with Gasteiger partial charge in [0, 0.05) is 19.6 Å². The van der Waals surface area contributed by atoms with Crippen molar-refractivity contribution in [2.24, 2.45) is 0 Å². The number of likely N-dealkylation sites (tertiary alicyclic amines) is 1. The van der Waals surface area contributed by atoms with E-state index >= 15 is 0 Å². The van der Waals surface area contributed by atoms with Crippen molar-refractivity contribution in [1.82, 2.24) is 9.80 Å². The summed E-state index contributed by atoms with van der Waals surface area (Å²) in [7, 11) is 3.55. The molecule has 0 unspecified atom stereocenters. The fraction of sp³-hybridized carbons (Fsp3) is 0.588. The highest BCUT2D eigenvalue weighted by molar-refractivity contribution is 5.86. The van der Waals surface area contributed by atoms with Crippen LogP contribution in [0.1, 0.15) is 25.3 Å². The van der Waals surface area contributed by atoms with Gasteiger partial charge in [0.15, 0.2) is 5.60 Å². The molecule has 1 aliphatic heterocycles. The van der Waals surface area contributed by atoms with Crippen LogP contribution in [0, 0.1) is 0 Å². The molecular weight excluding hydrogens is 280 g/mol. The summed E-state index contributed by atoms with van der Waals surface area (Å²) in [5, 5.41) is 10.7. The van der Waals surface area contributed by atoms with Gasteiger partial charge in [0.2, 0.25) is 0 Å². The molecule has 0 saturated carbocycles. The zero-order valence-electron chi connectivity index (χ0n) is 13.7. The van der Waals surface area contributed by atoms with Crippen molar-refractivity contribution >= 4 is 5.91 Å². The SMILES string of the molecule is CCN(C)C[C@@]1(O)CCCN(Cc2cccc(OC)c2)C1=O. The van der Waals surface area contributed by atoms with Crippen LogP contribution < -0.4 is 4.74 Å². The molecule has 1 aromatic carbocycles. The zero-order valence-corrected chi connectivity index (χ0v) is 13.7. The number of hydrogen-bond donors (Lipinski definition) is 1. The molecule has 122 valence electrons. The number of amides is 1. The van der Waals surface area contributed by atoms with Crippen LogP contribution in [0.15, 0.2) is 24.3 Å². The Labute approximate surface area is 132 Å². The van der Waals surface area contributed by atoms with Crippen LogP contribution in [-0.2, 0) is 11.3 Å². The standard InChI is InChI=1S/C17H26N2O3/c1-4-18(2)13-17(21)9-6-10-19(16(17)20)12-14-7-5-8-15(11-14)22-3/h5,7-8,11,21H,4,6,9-10,12-13H2,1-3H3/t17-/m0/s1. The van der Waals surface area contributed by atoms with Crippen molar-refractivity contribution in [2.75, 3.05) is 33.8 Å². The van der Waals surface area contributed by atoms with Crippen LogP contribution >= 0.6 is 0 Å². The normalized spacial score (nSPS) is 22.2. The van der Waals surface area contributed by atoms with Gasteiger partial charge in [0.1, 0.15) is 5.75 Å². The first kappa shape index (κ1) is 16.8. The smallest absolute Gasteiger partial charge is 0.256 e. The van der Waals surface area contributed by atoms with Gasteiger partial charge >= 0.3 is 0 Å². The van der Waals surface area contributed by atoms with E-state index in [0.29, 0.717) is 26.1 Å². The number of carbonyl (C=O) groups is 1. The molecule has 2 rings (SSSR count). The number of aliphatic hydroxyl groups is 1. The summed E-state index contributed by atoms with van der Waals surface area (Å²) in [6.07, 6.45) is 1.36. The lowest BCUT2D eigenvalue weighted by Crippen LogP contribution is -2.57. The maximum absolute atomic E-state index is 12.7. The Balaban J connectivity index is 2.09. The first-order valence-corrected chi connectivity index (χ1v) is 7.81. The summed E-state index contributed by atoms with van der Waals surface area (Å²) in [6.45, 7) is 4.41. The van der Waals surface area contributed by atoms with Gasteiger partial charge in [0.25, 0.3) is 5.91 Å². The van der Waals surface area contributed by atoms with Crippen LogP contribution in [0.4, 0.5) is 0 Å². The third-order valence-electron chi connectivity index (χ3n) is 4.28. The Morgan fingerprint density at radius 2 is 2.23 bits per heavy atom. The van der Waals surface area contributed by atoms with Gasteiger partial charge in [-0.3, -0.25) is 4.79 Å². The summed E-state index contributed by atoms with van der Waals surface area (Å²) in [4.78, 5) is 16.4. The van der Waals surface area contributed by atoms with Gasteiger partial charge in [-0.25, -0.2) is 0 Å². The Hall–Kier alpha value is -1.59. The molecule has 1 atom stereocenters. The maximum atomic E-state index is 12.7. The van der Waals surface area contributed by atoms with E-state index in [1.54, 1.807) is 12.0 Å². The summed E-state index contributed by atoms with van der Waals surface area (Å²) < 4.78 is 5.22. The number of rotatable bonds is 6. The van der Waals surface area contributed by atoms with Gasteiger partial charge in [-0.1, -0.05) is 19.1 Å². The molecule has 1 amide bonds. The average Bonchev–Trinajstić information content (AvgIpc) is 2.52. The van der Waals surface area contributed by atoms with E-state index in [9.17, 15) is 9.90 Å². The molecule has 1 aromatic rings. The van der Waals surface area contributed by atoms with E-state index in [-0.39, 0.29) is 5.91 Å². The minimum absolute atomic E-state index is 0.165. The molecule has 1 aliphatic rings. The molecule has 5 heteroatoms. The maximum Gasteiger partial charge on any atom is 0.256 e. The monoisotopic (exact) mass is 306 g/mol. The van der Waals surface area contributed by atoms with Gasteiger partial charge in [-0.05, 0) is 44.1 Å². The molecule has 0 aromatic heterocycles.